The van der Waals surface area contributed by atoms with E-state index in [4.69, 9.17) is 4.74 Å². The average Bonchev–Trinajstić information content (AvgIpc) is 2.67. The van der Waals surface area contributed by atoms with Gasteiger partial charge in [-0.2, -0.15) is 0 Å². The van der Waals surface area contributed by atoms with Crippen LogP contribution in [0, 0.1) is 0 Å². The molecule has 5 heteroatoms. The van der Waals surface area contributed by atoms with Gasteiger partial charge in [-0.25, -0.2) is 0 Å². The van der Waals surface area contributed by atoms with E-state index >= 15 is 0 Å². The Morgan fingerprint density at radius 2 is 1.88 bits per heavy atom. The molecule has 1 aliphatic rings. The van der Waals surface area contributed by atoms with Crippen molar-refractivity contribution >= 4 is 5.91 Å². The molecule has 1 saturated heterocycles. The molecule has 0 spiro atoms. The van der Waals surface area contributed by atoms with Crippen molar-refractivity contribution < 1.29 is 14.6 Å². The van der Waals surface area contributed by atoms with E-state index in [0.29, 0.717) is 5.56 Å². The summed E-state index contributed by atoms with van der Waals surface area (Å²) in [4.78, 5) is 14.9. The van der Waals surface area contributed by atoms with E-state index in [-0.39, 0.29) is 12.5 Å². The van der Waals surface area contributed by atoms with Crippen LogP contribution in [0.5, 0.6) is 0 Å². The summed E-state index contributed by atoms with van der Waals surface area (Å²) in [6.45, 7) is 4.02. The van der Waals surface area contributed by atoms with Crippen molar-refractivity contribution in [3.8, 4) is 0 Å². The summed E-state index contributed by atoms with van der Waals surface area (Å²) in [7, 11) is 0. The van der Waals surface area contributed by atoms with Crippen LogP contribution in [0.1, 0.15) is 27.5 Å². The van der Waals surface area contributed by atoms with Gasteiger partial charge in [0.05, 0.1) is 25.9 Å². The molecule has 25 heavy (non-hydrogen) atoms. The number of hydrogen-bond acceptors (Lipinski definition) is 4. The largest absolute Gasteiger partial charge is 0.394 e. The first-order valence-corrected chi connectivity index (χ1v) is 8.62. The summed E-state index contributed by atoms with van der Waals surface area (Å²) in [5.41, 5.74) is 2.61. The molecule has 1 aliphatic heterocycles. The van der Waals surface area contributed by atoms with Crippen LogP contribution in [0.3, 0.4) is 0 Å². The topological polar surface area (TPSA) is 61.8 Å². The first-order chi connectivity index (χ1) is 12.3. The second kappa shape index (κ2) is 8.76. The summed E-state index contributed by atoms with van der Waals surface area (Å²) in [6.07, 6.45) is 0. The predicted octanol–water partition coefficient (Wildman–Crippen LogP) is 1.98. The first kappa shape index (κ1) is 17.6. The van der Waals surface area contributed by atoms with Crippen LogP contribution >= 0.6 is 0 Å². The van der Waals surface area contributed by atoms with E-state index < -0.39 is 6.04 Å². The number of amides is 1. The van der Waals surface area contributed by atoms with Crippen molar-refractivity contribution in [1.29, 1.82) is 0 Å². The van der Waals surface area contributed by atoms with Gasteiger partial charge in [-0.15, -0.1) is 0 Å². The zero-order valence-corrected chi connectivity index (χ0v) is 14.2. The van der Waals surface area contributed by atoms with E-state index in [1.54, 1.807) is 6.07 Å². The maximum absolute atomic E-state index is 12.6. The molecule has 2 aromatic rings. The van der Waals surface area contributed by atoms with Crippen molar-refractivity contribution in [1.82, 2.24) is 10.2 Å². The number of ether oxygens (including phenoxy) is 1. The average molecular weight is 340 g/mol. The zero-order valence-electron chi connectivity index (χ0n) is 14.2. The van der Waals surface area contributed by atoms with Crippen LogP contribution in [0.15, 0.2) is 54.6 Å². The summed E-state index contributed by atoms with van der Waals surface area (Å²) in [5, 5.41) is 12.5. The zero-order chi connectivity index (χ0) is 17.5. The molecule has 0 saturated carbocycles. The highest BCUT2D eigenvalue weighted by molar-refractivity contribution is 5.94. The lowest BCUT2D eigenvalue weighted by molar-refractivity contribution is 0.0342. The minimum atomic E-state index is -0.406. The third kappa shape index (κ3) is 4.89. The number of aliphatic hydroxyl groups excluding tert-OH is 1. The Morgan fingerprint density at radius 3 is 2.60 bits per heavy atom. The van der Waals surface area contributed by atoms with Crippen LogP contribution < -0.4 is 5.32 Å². The Morgan fingerprint density at radius 1 is 1.12 bits per heavy atom. The van der Waals surface area contributed by atoms with Crippen LogP contribution in [0.25, 0.3) is 0 Å². The Labute approximate surface area is 148 Å². The quantitative estimate of drug-likeness (QED) is 0.844. The van der Waals surface area contributed by atoms with Gasteiger partial charge in [-0.1, -0.05) is 42.5 Å². The van der Waals surface area contributed by atoms with Gasteiger partial charge in [-0.3, -0.25) is 9.69 Å². The molecule has 3 rings (SSSR count). The highest BCUT2D eigenvalue weighted by Gasteiger charge is 2.16. The highest BCUT2D eigenvalue weighted by Crippen LogP contribution is 2.14. The number of morpholine rings is 1. The molecule has 5 nitrogen and oxygen atoms in total. The SMILES string of the molecule is O=C(NC(CO)c1ccccc1)c1cccc(CN2CCOCC2)c1. The van der Waals surface area contributed by atoms with Crippen molar-refractivity contribution in [3.05, 3.63) is 71.3 Å². The van der Waals surface area contributed by atoms with E-state index in [0.717, 1.165) is 44.0 Å². The van der Waals surface area contributed by atoms with E-state index in [1.165, 1.54) is 0 Å². The summed E-state index contributed by atoms with van der Waals surface area (Å²) < 4.78 is 5.37. The van der Waals surface area contributed by atoms with Crippen LogP contribution in [0.2, 0.25) is 0 Å². The third-order valence-electron chi connectivity index (χ3n) is 4.39. The Hall–Kier alpha value is -2.21. The molecule has 1 amide bonds. The van der Waals surface area contributed by atoms with Gasteiger partial charge in [0.25, 0.3) is 5.91 Å². The minimum Gasteiger partial charge on any atom is -0.394 e. The lowest BCUT2D eigenvalue weighted by Gasteiger charge is -2.26. The molecule has 0 aromatic heterocycles. The number of benzene rings is 2. The van der Waals surface area contributed by atoms with Crippen molar-refractivity contribution in [2.75, 3.05) is 32.9 Å². The van der Waals surface area contributed by atoms with Gasteiger partial charge in [0.2, 0.25) is 0 Å². The molecule has 132 valence electrons. The maximum atomic E-state index is 12.6. The second-order valence-corrected chi connectivity index (χ2v) is 6.21. The third-order valence-corrected chi connectivity index (χ3v) is 4.39. The second-order valence-electron chi connectivity index (χ2n) is 6.21. The number of nitrogens with one attached hydrogen (secondary N) is 1. The van der Waals surface area contributed by atoms with Crippen molar-refractivity contribution in [3.63, 3.8) is 0 Å². The number of rotatable bonds is 6. The molecule has 1 fully saturated rings. The summed E-state index contributed by atoms with van der Waals surface area (Å²) >= 11 is 0. The molecular formula is C20H24N2O3. The van der Waals surface area contributed by atoms with Gasteiger partial charge in [0, 0.05) is 25.2 Å². The van der Waals surface area contributed by atoms with Gasteiger partial charge in [0.1, 0.15) is 0 Å². The fourth-order valence-corrected chi connectivity index (χ4v) is 2.99. The van der Waals surface area contributed by atoms with E-state index in [1.807, 2.05) is 48.5 Å². The highest BCUT2D eigenvalue weighted by atomic mass is 16.5. The minimum absolute atomic E-state index is 0.136. The number of carbonyl (C=O) groups excluding carboxylic acids is 1. The van der Waals surface area contributed by atoms with Gasteiger partial charge < -0.3 is 15.2 Å². The number of carbonyl (C=O) groups is 1. The number of aliphatic hydroxyl groups is 1. The Bertz CT molecular complexity index is 684. The van der Waals surface area contributed by atoms with Crippen molar-refractivity contribution in [2.45, 2.75) is 12.6 Å². The van der Waals surface area contributed by atoms with Gasteiger partial charge in [0.15, 0.2) is 0 Å². The van der Waals surface area contributed by atoms with Crippen LogP contribution in [0.4, 0.5) is 0 Å². The van der Waals surface area contributed by atoms with Crippen LogP contribution in [-0.2, 0) is 11.3 Å². The van der Waals surface area contributed by atoms with E-state index in [2.05, 4.69) is 10.2 Å². The molecule has 2 N–H and O–H groups in total. The predicted molar refractivity (Wildman–Crippen MR) is 96.3 cm³/mol. The lowest BCUT2D eigenvalue weighted by atomic mass is 10.1. The summed E-state index contributed by atoms with van der Waals surface area (Å²) in [5.74, 6) is -0.174. The van der Waals surface area contributed by atoms with Crippen molar-refractivity contribution in [2.24, 2.45) is 0 Å². The molecule has 1 unspecified atom stereocenters. The maximum Gasteiger partial charge on any atom is 0.251 e. The molecule has 1 heterocycles. The Balaban J connectivity index is 1.66. The molecule has 0 radical (unpaired) electrons. The van der Waals surface area contributed by atoms with E-state index in [9.17, 15) is 9.90 Å². The molecule has 2 aromatic carbocycles. The first-order valence-electron chi connectivity index (χ1n) is 8.62. The van der Waals surface area contributed by atoms with Gasteiger partial charge >= 0.3 is 0 Å². The molecule has 0 aliphatic carbocycles. The lowest BCUT2D eigenvalue weighted by Crippen LogP contribution is -2.35. The molecule has 0 bridgehead atoms. The standard InChI is InChI=1S/C20H24N2O3/c23-15-19(17-6-2-1-3-7-17)21-20(24)18-8-4-5-16(13-18)14-22-9-11-25-12-10-22/h1-8,13,19,23H,9-12,14-15H2,(H,21,24). The van der Waals surface area contributed by atoms with Gasteiger partial charge in [-0.05, 0) is 23.3 Å². The number of nitrogens with zero attached hydrogens (tertiary/aromatic N) is 1. The normalized spacial score (nSPS) is 16.4. The Kier molecular flexibility index (Phi) is 6.17. The van der Waals surface area contributed by atoms with Crippen LogP contribution in [-0.4, -0.2) is 48.8 Å². The smallest absolute Gasteiger partial charge is 0.251 e. The fourth-order valence-electron chi connectivity index (χ4n) is 2.99. The number of hydrogen-bond donors (Lipinski definition) is 2. The molecule has 1 atom stereocenters. The fraction of sp³-hybridized carbons (Fsp3) is 0.350. The summed E-state index contributed by atoms with van der Waals surface area (Å²) in [6, 6.07) is 16.8. The monoisotopic (exact) mass is 340 g/mol. The molecular weight excluding hydrogens is 316 g/mol.